The van der Waals surface area contributed by atoms with Crippen LogP contribution in [-0.4, -0.2) is 29.5 Å². The molecule has 3 N–H and O–H groups in total. The second kappa shape index (κ2) is 7.51. The van der Waals surface area contributed by atoms with E-state index >= 15 is 0 Å². The van der Waals surface area contributed by atoms with E-state index in [0.29, 0.717) is 12.0 Å². The summed E-state index contributed by atoms with van der Waals surface area (Å²) in [4.78, 5) is 0. The Bertz CT molecular complexity index is 337. The van der Waals surface area contributed by atoms with Crippen LogP contribution in [0.5, 0.6) is 0 Å². The first kappa shape index (κ1) is 15.1. The number of nitrogens with zero attached hydrogens (tertiary/aromatic N) is 2. The number of hydrogen-bond donors (Lipinski definition) is 2. The molecule has 0 radical (unpaired) electrons. The lowest BCUT2D eigenvalue weighted by Crippen LogP contribution is -2.38. The van der Waals surface area contributed by atoms with Gasteiger partial charge in [-0.1, -0.05) is 6.92 Å². The summed E-state index contributed by atoms with van der Waals surface area (Å²) in [6.07, 6.45) is 3.86. The molecule has 0 saturated carbocycles. The topological polar surface area (TPSA) is 65.1 Å². The van der Waals surface area contributed by atoms with Crippen LogP contribution in [0.1, 0.15) is 38.9 Å². The standard InChI is InChI=1S/C13H26N4O/c1-10(2)17-6-5-12(16-17)8-13(15-14)7-11(3)9-18-4/h5-6,10-11,13,15H,7-9,14H2,1-4H3. The third-order valence-electron chi connectivity index (χ3n) is 3.02. The van der Waals surface area contributed by atoms with Gasteiger partial charge >= 0.3 is 0 Å². The Morgan fingerprint density at radius 1 is 1.44 bits per heavy atom. The molecule has 1 rings (SSSR count). The van der Waals surface area contributed by atoms with Gasteiger partial charge in [0, 0.05) is 38.4 Å². The highest BCUT2D eigenvalue weighted by molar-refractivity contribution is 5.02. The Kier molecular flexibility index (Phi) is 6.32. The van der Waals surface area contributed by atoms with Gasteiger partial charge in [0.15, 0.2) is 0 Å². The summed E-state index contributed by atoms with van der Waals surface area (Å²) in [5, 5.41) is 4.54. The van der Waals surface area contributed by atoms with Crippen molar-refractivity contribution in [3.05, 3.63) is 18.0 Å². The summed E-state index contributed by atoms with van der Waals surface area (Å²) in [5.41, 5.74) is 3.95. The van der Waals surface area contributed by atoms with E-state index in [1.165, 1.54) is 0 Å². The highest BCUT2D eigenvalue weighted by Gasteiger charge is 2.14. The van der Waals surface area contributed by atoms with Crippen molar-refractivity contribution < 1.29 is 4.74 Å². The number of ether oxygens (including phenoxy) is 1. The van der Waals surface area contributed by atoms with Crippen LogP contribution in [0.15, 0.2) is 12.3 Å². The zero-order valence-corrected chi connectivity index (χ0v) is 11.9. The van der Waals surface area contributed by atoms with Crippen molar-refractivity contribution in [2.45, 2.75) is 45.7 Å². The Balaban J connectivity index is 2.51. The molecule has 2 unspecified atom stereocenters. The van der Waals surface area contributed by atoms with Gasteiger partial charge in [-0.25, -0.2) is 0 Å². The molecular weight excluding hydrogens is 228 g/mol. The van der Waals surface area contributed by atoms with Gasteiger partial charge in [0.25, 0.3) is 0 Å². The average molecular weight is 254 g/mol. The number of hydrazine groups is 1. The molecule has 2 atom stereocenters. The molecule has 5 heteroatoms. The van der Waals surface area contributed by atoms with Crippen LogP contribution in [-0.2, 0) is 11.2 Å². The van der Waals surface area contributed by atoms with Gasteiger partial charge in [-0.2, -0.15) is 5.10 Å². The maximum Gasteiger partial charge on any atom is 0.0640 e. The van der Waals surface area contributed by atoms with Crippen molar-refractivity contribution in [1.29, 1.82) is 0 Å². The highest BCUT2D eigenvalue weighted by atomic mass is 16.5. The first-order chi connectivity index (χ1) is 8.56. The minimum Gasteiger partial charge on any atom is -0.384 e. The molecule has 1 aromatic rings. The van der Waals surface area contributed by atoms with Gasteiger partial charge in [0.05, 0.1) is 5.69 Å². The Morgan fingerprint density at radius 3 is 2.67 bits per heavy atom. The number of nitrogens with one attached hydrogen (secondary N) is 1. The quantitative estimate of drug-likeness (QED) is 0.545. The molecular formula is C13H26N4O. The lowest BCUT2D eigenvalue weighted by Gasteiger charge is -2.19. The van der Waals surface area contributed by atoms with Gasteiger partial charge in [0.1, 0.15) is 0 Å². The molecule has 0 amide bonds. The third kappa shape index (κ3) is 4.76. The van der Waals surface area contributed by atoms with Crippen LogP contribution < -0.4 is 11.3 Å². The first-order valence-corrected chi connectivity index (χ1v) is 6.55. The number of methoxy groups -OCH3 is 1. The Labute approximate surface area is 110 Å². The van der Waals surface area contributed by atoms with Crippen molar-refractivity contribution in [1.82, 2.24) is 15.2 Å². The second-order valence-corrected chi connectivity index (χ2v) is 5.24. The fourth-order valence-electron chi connectivity index (χ4n) is 2.07. The summed E-state index contributed by atoms with van der Waals surface area (Å²) in [6.45, 7) is 7.17. The fraction of sp³-hybridized carbons (Fsp3) is 0.769. The molecule has 18 heavy (non-hydrogen) atoms. The molecule has 0 aliphatic carbocycles. The van der Waals surface area contributed by atoms with Crippen molar-refractivity contribution in [3.63, 3.8) is 0 Å². The maximum absolute atomic E-state index is 5.61. The van der Waals surface area contributed by atoms with Gasteiger partial charge in [-0.05, 0) is 32.3 Å². The summed E-state index contributed by atoms with van der Waals surface area (Å²) in [7, 11) is 1.73. The molecule has 0 aliphatic heterocycles. The van der Waals surface area contributed by atoms with Crippen LogP contribution in [0.4, 0.5) is 0 Å². The third-order valence-corrected chi connectivity index (χ3v) is 3.02. The minimum atomic E-state index is 0.241. The van der Waals surface area contributed by atoms with Crippen LogP contribution in [0.2, 0.25) is 0 Å². The lowest BCUT2D eigenvalue weighted by atomic mass is 9.99. The highest BCUT2D eigenvalue weighted by Crippen LogP contribution is 2.11. The molecule has 0 saturated heterocycles. The molecule has 0 aromatic carbocycles. The summed E-state index contributed by atoms with van der Waals surface area (Å²) >= 11 is 0. The Hall–Kier alpha value is -0.910. The molecule has 1 aromatic heterocycles. The van der Waals surface area contributed by atoms with Gasteiger partial charge < -0.3 is 4.74 Å². The number of hydrogen-bond acceptors (Lipinski definition) is 4. The van der Waals surface area contributed by atoms with Crippen LogP contribution in [0.25, 0.3) is 0 Å². The van der Waals surface area contributed by atoms with E-state index in [0.717, 1.165) is 25.1 Å². The molecule has 0 fully saturated rings. The predicted octanol–water partition coefficient (Wildman–Crippen LogP) is 1.51. The van der Waals surface area contributed by atoms with Crippen LogP contribution in [0.3, 0.4) is 0 Å². The molecule has 0 spiro atoms. The van der Waals surface area contributed by atoms with Crippen molar-refractivity contribution in [3.8, 4) is 0 Å². The smallest absolute Gasteiger partial charge is 0.0640 e. The second-order valence-electron chi connectivity index (χ2n) is 5.24. The SMILES string of the molecule is COCC(C)CC(Cc1ccn(C(C)C)n1)NN. The van der Waals surface area contributed by atoms with Gasteiger partial charge in [0.2, 0.25) is 0 Å². The van der Waals surface area contributed by atoms with Gasteiger partial charge in [-0.15, -0.1) is 0 Å². The lowest BCUT2D eigenvalue weighted by molar-refractivity contribution is 0.149. The normalized spacial score (nSPS) is 15.0. The van der Waals surface area contributed by atoms with Crippen molar-refractivity contribution in [2.24, 2.45) is 11.8 Å². The summed E-state index contributed by atoms with van der Waals surface area (Å²) < 4.78 is 7.12. The minimum absolute atomic E-state index is 0.241. The monoisotopic (exact) mass is 254 g/mol. The number of rotatable bonds is 8. The van der Waals surface area contributed by atoms with Crippen LogP contribution >= 0.6 is 0 Å². The molecule has 104 valence electrons. The van der Waals surface area contributed by atoms with Crippen molar-refractivity contribution >= 4 is 0 Å². The van der Waals surface area contributed by atoms with E-state index < -0.39 is 0 Å². The molecule has 5 nitrogen and oxygen atoms in total. The predicted molar refractivity (Wildman–Crippen MR) is 73.1 cm³/mol. The summed E-state index contributed by atoms with van der Waals surface area (Å²) in [5.74, 6) is 6.10. The first-order valence-electron chi connectivity index (χ1n) is 6.55. The molecule has 0 bridgehead atoms. The van der Waals surface area contributed by atoms with Crippen molar-refractivity contribution in [2.75, 3.05) is 13.7 Å². The molecule has 0 aliphatic rings. The largest absolute Gasteiger partial charge is 0.384 e. The number of nitrogens with two attached hydrogens (primary N) is 1. The average Bonchev–Trinajstić information content (AvgIpc) is 2.77. The molecule has 1 heterocycles. The number of aromatic nitrogens is 2. The van der Waals surface area contributed by atoms with Gasteiger partial charge in [-0.3, -0.25) is 16.0 Å². The van der Waals surface area contributed by atoms with E-state index in [1.54, 1.807) is 7.11 Å². The van der Waals surface area contributed by atoms with Crippen LogP contribution in [0, 0.1) is 5.92 Å². The fourth-order valence-corrected chi connectivity index (χ4v) is 2.07. The van der Waals surface area contributed by atoms with E-state index in [2.05, 4.69) is 37.4 Å². The van der Waals surface area contributed by atoms with E-state index in [-0.39, 0.29) is 6.04 Å². The summed E-state index contributed by atoms with van der Waals surface area (Å²) in [6, 6.07) is 2.70. The Morgan fingerprint density at radius 2 is 2.17 bits per heavy atom. The zero-order chi connectivity index (χ0) is 13.5. The zero-order valence-electron chi connectivity index (χ0n) is 11.9. The maximum atomic E-state index is 5.61. The van der Waals surface area contributed by atoms with E-state index in [1.807, 2.05) is 10.9 Å². The van der Waals surface area contributed by atoms with E-state index in [4.69, 9.17) is 10.6 Å². The van der Waals surface area contributed by atoms with E-state index in [9.17, 15) is 0 Å².